The molecule has 0 bridgehead atoms. The van der Waals surface area contributed by atoms with E-state index in [0.29, 0.717) is 4.77 Å². The van der Waals surface area contributed by atoms with E-state index in [0.717, 1.165) is 11.0 Å². The number of rotatable bonds is 3. The Morgan fingerprint density at radius 2 is 2.35 bits per heavy atom. The number of carbonyl (C=O) groups is 1. The average Bonchev–Trinajstić information content (AvgIpc) is 2.51. The van der Waals surface area contributed by atoms with Crippen LogP contribution in [0.25, 0.3) is 11.0 Å². The van der Waals surface area contributed by atoms with Crippen molar-refractivity contribution in [1.82, 2.24) is 14.5 Å². The van der Waals surface area contributed by atoms with Crippen molar-refractivity contribution in [2.24, 2.45) is 5.73 Å². The Hall–Kier alpha value is -1.69. The maximum absolute atomic E-state index is 11.1. The maximum atomic E-state index is 11.1. The van der Waals surface area contributed by atoms with E-state index in [-0.39, 0.29) is 12.3 Å². The van der Waals surface area contributed by atoms with Gasteiger partial charge in [0.25, 0.3) is 0 Å². The second-order valence-corrected chi connectivity index (χ2v) is 5.00. The highest BCUT2D eigenvalue weighted by molar-refractivity contribution is 7.71. The van der Waals surface area contributed by atoms with E-state index in [1.807, 2.05) is 24.5 Å². The molecule has 2 rings (SSSR count). The van der Waals surface area contributed by atoms with E-state index >= 15 is 0 Å². The van der Waals surface area contributed by atoms with Crippen molar-refractivity contribution in [2.75, 3.05) is 0 Å². The topological polar surface area (TPSA) is 76.7 Å². The van der Waals surface area contributed by atoms with Crippen molar-refractivity contribution in [3.8, 4) is 0 Å². The van der Waals surface area contributed by atoms with Gasteiger partial charge in [-0.15, -0.1) is 0 Å². The van der Waals surface area contributed by atoms with E-state index < -0.39 is 5.54 Å². The first-order valence-electron chi connectivity index (χ1n) is 5.25. The molecule has 0 saturated carbocycles. The molecule has 1 amide bonds. The zero-order chi connectivity index (χ0) is 12.6. The van der Waals surface area contributed by atoms with Crippen molar-refractivity contribution < 1.29 is 4.79 Å². The Kier molecular flexibility index (Phi) is 2.74. The maximum Gasteiger partial charge on any atom is 0.219 e. The summed E-state index contributed by atoms with van der Waals surface area (Å²) in [7, 11) is 0. The Morgan fingerprint density at radius 3 is 3.00 bits per heavy atom. The minimum Gasteiger partial charge on any atom is -0.370 e. The number of nitrogens with one attached hydrogen (secondary N) is 1. The van der Waals surface area contributed by atoms with Gasteiger partial charge < -0.3 is 15.3 Å². The van der Waals surface area contributed by atoms with Gasteiger partial charge in [-0.1, -0.05) is 0 Å². The van der Waals surface area contributed by atoms with Gasteiger partial charge in [0.15, 0.2) is 4.77 Å². The Balaban J connectivity index is 2.66. The molecule has 0 aromatic carbocycles. The van der Waals surface area contributed by atoms with Crippen LogP contribution >= 0.6 is 12.2 Å². The van der Waals surface area contributed by atoms with Crippen LogP contribution in [0.15, 0.2) is 18.5 Å². The number of primary amides is 1. The number of pyridine rings is 1. The number of hydrogen-bond acceptors (Lipinski definition) is 3. The summed E-state index contributed by atoms with van der Waals surface area (Å²) in [6, 6.07) is 1.87. The zero-order valence-corrected chi connectivity index (χ0v) is 10.5. The summed E-state index contributed by atoms with van der Waals surface area (Å²) in [4.78, 5) is 18.2. The molecule has 90 valence electrons. The highest BCUT2D eigenvalue weighted by Crippen LogP contribution is 2.25. The SMILES string of the molecule is CC(C)(CC(N)=O)n1c(=S)[nH]c2cnccc21. The Bertz CT molecular complexity index is 626. The van der Waals surface area contributed by atoms with Crippen molar-refractivity contribution in [1.29, 1.82) is 0 Å². The van der Waals surface area contributed by atoms with Crippen LogP contribution in [0.3, 0.4) is 0 Å². The normalized spacial score (nSPS) is 11.9. The van der Waals surface area contributed by atoms with Crippen molar-refractivity contribution in [3.05, 3.63) is 23.2 Å². The number of hydrogen-bond donors (Lipinski definition) is 2. The molecule has 2 aromatic rings. The fraction of sp³-hybridized carbons (Fsp3) is 0.364. The van der Waals surface area contributed by atoms with E-state index in [1.165, 1.54) is 0 Å². The number of carbonyl (C=O) groups excluding carboxylic acids is 1. The molecule has 0 atom stereocenters. The van der Waals surface area contributed by atoms with Crippen LogP contribution in [-0.2, 0) is 10.3 Å². The molecule has 0 saturated heterocycles. The van der Waals surface area contributed by atoms with Gasteiger partial charge in [-0.25, -0.2) is 0 Å². The van der Waals surface area contributed by atoms with Crippen LogP contribution in [0.1, 0.15) is 20.3 Å². The summed E-state index contributed by atoms with van der Waals surface area (Å²) >= 11 is 5.28. The first-order valence-corrected chi connectivity index (χ1v) is 5.66. The number of amides is 1. The molecule has 2 heterocycles. The smallest absolute Gasteiger partial charge is 0.219 e. The summed E-state index contributed by atoms with van der Waals surface area (Å²) in [6.07, 6.45) is 3.64. The highest BCUT2D eigenvalue weighted by atomic mass is 32.1. The fourth-order valence-electron chi connectivity index (χ4n) is 2.07. The van der Waals surface area contributed by atoms with Gasteiger partial charge in [-0.2, -0.15) is 0 Å². The second-order valence-electron chi connectivity index (χ2n) is 4.61. The van der Waals surface area contributed by atoms with Crippen LogP contribution in [0.2, 0.25) is 0 Å². The second kappa shape index (κ2) is 3.96. The lowest BCUT2D eigenvalue weighted by atomic mass is 10.00. The lowest BCUT2D eigenvalue weighted by Crippen LogP contribution is -2.32. The van der Waals surface area contributed by atoms with Crippen molar-refractivity contribution in [3.63, 3.8) is 0 Å². The van der Waals surface area contributed by atoms with Crippen molar-refractivity contribution >= 4 is 29.2 Å². The number of aromatic nitrogens is 3. The van der Waals surface area contributed by atoms with Crippen LogP contribution in [-0.4, -0.2) is 20.4 Å². The first kappa shape index (κ1) is 11.8. The standard InChI is InChI=1S/C11H14N4OS/c1-11(2,5-9(12)16)15-8-3-4-13-6-7(8)14-10(15)17/h3-4,6H,5H2,1-2H3,(H2,12,16)(H,14,17). The molecule has 5 nitrogen and oxygen atoms in total. The van der Waals surface area contributed by atoms with Gasteiger partial charge in [0.2, 0.25) is 5.91 Å². The van der Waals surface area contributed by atoms with E-state index in [1.54, 1.807) is 12.4 Å². The fourth-order valence-corrected chi connectivity index (χ4v) is 2.52. The minimum absolute atomic E-state index is 0.233. The summed E-state index contributed by atoms with van der Waals surface area (Å²) < 4.78 is 2.48. The van der Waals surface area contributed by atoms with Gasteiger partial charge in [0.1, 0.15) is 0 Å². The number of fused-ring (bicyclic) bond motifs is 1. The average molecular weight is 250 g/mol. The van der Waals surface area contributed by atoms with Gasteiger partial charge in [-0.05, 0) is 32.1 Å². The predicted molar refractivity (Wildman–Crippen MR) is 68.1 cm³/mol. The molecule has 2 aromatic heterocycles. The Labute approximate surface area is 104 Å². The minimum atomic E-state index is -0.456. The lowest BCUT2D eigenvalue weighted by Gasteiger charge is -2.25. The lowest BCUT2D eigenvalue weighted by molar-refractivity contribution is -0.119. The van der Waals surface area contributed by atoms with Crippen LogP contribution in [0, 0.1) is 4.77 Å². The molecular formula is C11H14N4OS. The third-order valence-corrected chi connectivity index (χ3v) is 2.98. The molecule has 6 heteroatoms. The Morgan fingerprint density at radius 1 is 1.65 bits per heavy atom. The first-order chi connectivity index (χ1) is 7.92. The highest BCUT2D eigenvalue weighted by Gasteiger charge is 2.25. The van der Waals surface area contributed by atoms with Crippen LogP contribution < -0.4 is 5.73 Å². The summed E-state index contributed by atoms with van der Waals surface area (Å²) in [5, 5.41) is 0. The summed E-state index contributed by atoms with van der Waals surface area (Å²) in [6.45, 7) is 3.86. The van der Waals surface area contributed by atoms with E-state index in [4.69, 9.17) is 18.0 Å². The molecule has 0 fully saturated rings. The van der Waals surface area contributed by atoms with Crippen LogP contribution in [0.4, 0.5) is 0 Å². The van der Waals surface area contributed by atoms with E-state index in [2.05, 4.69) is 9.97 Å². The predicted octanol–water partition coefficient (Wildman–Crippen LogP) is 1.70. The third-order valence-electron chi connectivity index (χ3n) is 2.70. The monoisotopic (exact) mass is 250 g/mol. The molecule has 17 heavy (non-hydrogen) atoms. The van der Waals surface area contributed by atoms with Crippen molar-refractivity contribution in [2.45, 2.75) is 25.8 Å². The summed E-state index contributed by atoms with van der Waals surface area (Å²) in [5.74, 6) is -0.347. The van der Waals surface area contributed by atoms with Gasteiger partial charge >= 0.3 is 0 Å². The molecule has 0 aliphatic rings. The number of aromatic amines is 1. The molecule has 0 aliphatic carbocycles. The molecule has 0 radical (unpaired) electrons. The molecular weight excluding hydrogens is 236 g/mol. The molecule has 3 N–H and O–H groups in total. The number of H-pyrrole nitrogens is 1. The van der Waals surface area contributed by atoms with Gasteiger partial charge in [0, 0.05) is 12.6 Å². The number of nitrogens with zero attached hydrogens (tertiary/aromatic N) is 2. The molecule has 0 unspecified atom stereocenters. The van der Waals surface area contributed by atoms with Gasteiger partial charge in [0.05, 0.1) is 22.8 Å². The number of imidazole rings is 1. The summed E-state index contributed by atoms with van der Waals surface area (Å²) in [5.41, 5.74) is 6.60. The quantitative estimate of drug-likeness (QED) is 0.814. The van der Waals surface area contributed by atoms with Gasteiger partial charge in [-0.3, -0.25) is 9.78 Å². The molecule has 0 spiro atoms. The zero-order valence-electron chi connectivity index (χ0n) is 9.73. The van der Waals surface area contributed by atoms with E-state index in [9.17, 15) is 4.79 Å². The third kappa shape index (κ3) is 2.08. The largest absolute Gasteiger partial charge is 0.370 e. The molecule has 0 aliphatic heterocycles. The number of nitrogens with two attached hydrogens (primary N) is 1. The van der Waals surface area contributed by atoms with Crippen LogP contribution in [0.5, 0.6) is 0 Å².